The zero-order valence-electron chi connectivity index (χ0n) is 16.7. The molecule has 0 spiro atoms. The van der Waals surface area contributed by atoms with Crippen LogP contribution in [0.15, 0.2) is 0 Å². The third-order valence-corrected chi connectivity index (χ3v) is 3.52. The number of rotatable bonds is 8. The minimum Gasteiger partial charge on any atom is -0.412 e. The molecule has 0 amide bonds. The summed E-state index contributed by atoms with van der Waals surface area (Å²) in [7, 11) is 0. The number of hydrogen-bond acceptors (Lipinski definition) is 4. The van der Waals surface area contributed by atoms with Crippen molar-refractivity contribution in [2.75, 3.05) is 26.2 Å². The van der Waals surface area contributed by atoms with Gasteiger partial charge >= 0.3 is 59.1 Å². The van der Waals surface area contributed by atoms with E-state index >= 15 is 0 Å². The van der Waals surface area contributed by atoms with Gasteiger partial charge in [-0.25, -0.2) is 0 Å². The summed E-state index contributed by atoms with van der Waals surface area (Å²) in [5, 5.41) is 0. The van der Waals surface area contributed by atoms with Crippen LogP contribution in [0, 0.1) is 0 Å². The van der Waals surface area contributed by atoms with Crippen molar-refractivity contribution in [3.63, 3.8) is 0 Å². The van der Waals surface area contributed by atoms with Gasteiger partial charge in [0.1, 0.15) is 0 Å². The molecule has 0 saturated carbocycles. The van der Waals surface area contributed by atoms with Crippen LogP contribution in [-0.4, -0.2) is 61.0 Å². The first kappa shape index (κ1) is 45.7. The van der Waals surface area contributed by atoms with Crippen molar-refractivity contribution in [1.29, 1.82) is 0 Å². The van der Waals surface area contributed by atoms with E-state index < -0.39 is 0 Å². The van der Waals surface area contributed by atoms with Crippen LogP contribution in [0.4, 0.5) is 0 Å². The maximum Gasteiger partial charge on any atom is 1.00 e. The summed E-state index contributed by atoms with van der Waals surface area (Å²) in [4.78, 5) is 4.15. The normalized spacial score (nSPS) is 7.52. The second-order valence-corrected chi connectivity index (χ2v) is 6.57. The Kier molecular flexibility index (Phi) is 61.5. The molecule has 0 aliphatic rings. The molecule has 5 nitrogen and oxygen atoms in total. The van der Waals surface area contributed by atoms with E-state index in [9.17, 15) is 0 Å². The predicted molar refractivity (Wildman–Crippen MR) is 115 cm³/mol. The molecule has 0 saturated heterocycles. The second kappa shape index (κ2) is 33.7. The number of thiocarbonyl (C=S) groups is 2. The van der Waals surface area contributed by atoms with Crippen LogP contribution in [0.3, 0.4) is 0 Å². The van der Waals surface area contributed by atoms with Gasteiger partial charge in [0.2, 0.25) is 0 Å². The molecule has 11 heteroatoms. The Morgan fingerprint density at radius 3 is 0.840 bits per heavy atom. The van der Waals surface area contributed by atoms with E-state index in [1.807, 2.05) is 0 Å². The summed E-state index contributed by atoms with van der Waals surface area (Å²) in [6.45, 7) is 12.6. The van der Waals surface area contributed by atoms with Gasteiger partial charge in [0.05, 0.1) is 0 Å². The van der Waals surface area contributed by atoms with Gasteiger partial charge in [0.15, 0.2) is 0 Å². The van der Waals surface area contributed by atoms with Crippen LogP contribution in [0.2, 0.25) is 0 Å². The Morgan fingerprint density at radius 2 is 0.760 bits per heavy atom. The van der Waals surface area contributed by atoms with Gasteiger partial charge in [-0.15, -0.1) is 0 Å². The molecule has 25 heavy (non-hydrogen) atoms. The van der Waals surface area contributed by atoms with Gasteiger partial charge in [0, 0.05) is 26.2 Å². The SMILES string of the molecule is CCCN(CCC)C(=S)[S-].CCCN(CCC)C(=S)[S-].O.O.O.[Na+].[Na+]. The molecule has 0 aliphatic heterocycles. The largest absolute Gasteiger partial charge is 1.00 e. The maximum absolute atomic E-state index is 4.89. The molecule has 0 fully saturated rings. The second-order valence-electron chi connectivity index (χ2n) is 4.51. The van der Waals surface area contributed by atoms with E-state index in [-0.39, 0.29) is 75.5 Å². The summed E-state index contributed by atoms with van der Waals surface area (Å²) in [6.07, 6.45) is 4.49. The molecule has 0 bridgehead atoms. The van der Waals surface area contributed by atoms with Crippen molar-refractivity contribution in [3.8, 4) is 0 Å². The average molecular weight is 453 g/mol. The Labute approximate surface area is 220 Å². The molecular formula is C14H34N2Na2O3S4. The van der Waals surface area contributed by atoms with Crippen molar-refractivity contribution in [2.45, 2.75) is 53.4 Å². The van der Waals surface area contributed by atoms with E-state index in [0.29, 0.717) is 8.64 Å². The Morgan fingerprint density at radius 1 is 0.600 bits per heavy atom. The molecule has 0 heterocycles. The summed E-state index contributed by atoms with van der Waals surface area (Å²) in [6, 6.07) is 0. The molecule has 0 aromatic carbocycles. The Hall–Kier alpha value is 2.10. The minimum atomic E-state index is 0. The van der Waals surface area contributed by atoms with E-state index in [2.05, 4.69) is 37.5 Å². The summed E-state index contributed by atoms with van der Waals surface area (Å²) in [5.41, 5.74) is 0. The molecule has 0 atom stereocenters. The zero-order chi connectivity index (χ0) is 16.0. The number of nitrogens with zero attached hydrogens (tertiary/aromatic N) is 2. The van der Waals surface area contributed by atoms with Crippen molar-refractivity contribution in [1.82, 2.24) is 9.80 Å². The molecule has 0 rings (SSSR count). The van der Waals surface area contributed by atoms with Gasteiger partial charge < -0.3 is 75.9 Å². The molecule has 144 valence electrons. The van der Waals surface area contributed by atoms with Gasteiger partial charge in [-0.2, -0.15) is 0 Å². The number of hydrogen-bond donors (Lipinski definition) is 0. The van der Waals surface area contributed by atoms with E-state index in [0.717, 1.165) is 51.9 Å². The van der Waals surface area contributed by atoms with E-state index in [1.165, 1.54) is 0 Å². The third kappa shape index (κ3) is 31.0. The molecule has 6 N–H and O–H groups in total. The fourth-order valence-corrected chi connectivity index (χ4v) is 2.40. The predicted octanol–water partition coefficient (Wildman–Crippen LogP) is -4.59. The van der Waals surface area contributed by atoms with Crippen LogP contribution in [-0.2, 0) is 25.3 Å². The van der Waals surface area contributed by atoms with Gasteiger partial charge in [-0.3, -0.25) is 0 Å². The van der Waals surface area contributed by atoms with Crippen LogP contribution >= 0.6 is 24.4 Å². The van der Waals surface area contributed by atoms with Gasteiger partial charge in [-0.1, -0.05) is 36.3 Å². The van der Waals surface area contributed by atoms with E-state index in [4.69, 9.17) is 49.7 Å². The van der Waals surface area contributed by atoms with Gasteiger partial charge in [-0.05, 0) is 25.7 Å². The molecular weight excluding hydrogens is 418 g/mol. The first-order valence-electron chi connectivity index (χ1n) is 7.36. The van der Waals surface area contributed by atoms with Crippen molar-refractivity contribution >= 4 is 58.3 Å². The van der Waals surface area contributed by atoms with Crippen LogP contribution in [0.25, 0.3) is 0 Å². The van der Waals surface area contributed by atoms with Crippen LogP contribution < -0.4 is 59.1 Å². The minimum absolute atomic E-state index is 0. The average Bonchev–Trinajstić information content (AvgIpc) is 2.38. The summed E-state index contributed by atoms with van der Waals surface area (Å²) >= 11 is 19.6. The molecule has 0 unspecified atom stereocenters. The fourth-order valence-electron chi connectivity index (χ4n) is 1.67. The first-order chi connectivity index (χ1) is 9.44. The molecule has 0 aliphatic carbocycles. The Balaban J connectivity index is -0.0000000432. The monoisotopic (exact) mass is 452 g/mol. The fraction of sp³-hybridized carbons (Fsp3) is 0.857. The smallest absolute Gasteiger partial charge is 0.412 e. The van der Waals surface area contributed by atoms with Crippen molar-refractivity contribution < 1.29 is 75.5 Å². The third-order valence-electron chi connectivity index (χ3n) is 2.49. The van der Waals surface area contributed by atoms with Crippen LogP contribution in [0.5, 0.6) is 0 Å². The molecule has 0 aromatic heterocycles. The van der Waals surface area contributed by atoms with E-state index in [1.54, 1.807) is 0 Å². The maximum atomic E-state index is 4.89. The summed E-state index contributed by atoms with van der Waals surface area (Å²) in [5.74, 6) is 0. The van der Waals surface area contributed by atoms with Crippen molar-refractivity contribution in [2.24, 2.45) is 0 Å². The molecule has 0 aromatic rings. The van der Waals surface area contributed by atoms with Crippen LogP contribution in [0.1, 0.15) is 53.4 Å². The van der Waals surface area contributed by atoms with Crippen molar-refractivity contribution in [3.05, 3.63) is 0 Å². The summed E-state index contributed by atoms with van der Waals surface area (Å²) < 4.78 is 1.23. The standard InChI is InChI=1S/2C7H15NS2.2Na.3H2O/c2*1-3-5-8(6-4-2)7(9)10;;;;;/h2*3-6H2,1-2H3,(H,9,10);;;3*1H2/q;;2*+1;;;/p-2. The quantitative estimate of drug-likeness (QED) is 0.209. The molecule has 0 radical (unpaired) electrons. The Bertz CT molecular complexity index is 244. The first-order valence-corrected chi connectivity index (χ1v) is 8.99. The zero-order valence-corrected chi connectivity index (χ0v) is 24.0. The topological polar surface area (TPSA) is 101 Å². The van der Waals surface area contributed by atoms with Gasteiger partial charge in [0.25, 0.3) is 0 Å².